The minimum absolute atomic E-state index is 0.178. The molecule has 25 heavy (non-hydrogen) atoms. The van der Waals surface area contributed by atoms with E-state index in [1.807, 2.05) is 16.7 Å². The van der Waals surface area contributed by atoms with Crippen LogP contribution in [-0.4, -0.2) is 20.4 Å². The number of hydrogen-bond donors (Lipinski definition) is 1. The summed E-state index contributed by atoms with van der Waals surface area (Å²) in [5, 5.41) is 2.61. The summed E-state index contributed by atoms with van der Waals surface area (Å²) in [6.07, 6.45) is 3.39. The quantitative estimate of drug-likeness (QED) is 0.665. The first kappa shape index (κ1) is 17.5. The zero-order chi connectivity index (χ0) is 17.8. The van der Waals surface area contributed by atoms with Crippen molar-refractivity contribution in [3.8, 4) is 0 Å². The fraction of sp³-hybridized carbons (Fsp3) is 0.278. The summed E-state index contributed by atoms with van der Waals surface area (Å²) < 4.78 is 16.5. The number of nitrogens with zero attached hydrogens (tertiary/aromatic N) is 3. The Hall–Kier alpha value is -2.28. The van der Waals surface area contributed by atoms with Crippen molar-refractivity contribution in [1.82, 2.24) is 14.5 Å². The molecule has 130 valence electrons. The first-order valence-corrected chi connectivity index (χ1v) is 8.93. The number of imidazole rings is 1. The zero-order valence-electron chi connectivity index (χ0n) is 13.8. The third-order valence-electron chi connectivity index (χ3n) is 3.81. The van der Waals surface area contributed by atoms with E-state index in [-0.39, 0.29) is 18.0 Å². The molecule has 3 rings (SSSR count). The lowest BCUT2D eigenvalue weighted by atomic mass is 10.2. The van der Waals surface area contributed by atoms with Gasteiger partial charge in [0.2, 0.25) is 5.91 Å². The van der Waals surface area contributed by atoms with E-state index in [9.17, 15) is 9.18 Å². The fourth-order valence-electron chi connectivity index (χ4n) is 2.68. The number of carbonyl (C=O) groups excluding carboxylic acids is 1. The van der Waals surface area contributed by atoms with Gasteiger partial charge in [0.05, 0.1) is 5.69 Å². The van der Waals surface area contributed by atoms with Crippen molar-refractivity contribution < 1.29 is 9.18 Å². The lowest BCUT2D eigenvalue weighted by Gasteiger charge is -2.08. The van der Waals surface area contributed by atoms with Crippen LogP contribution in [0.1, 0.15) is 25.6 Å². The molecule has 0 radical (unpaired) electrons. The van der Waals surface area contributed by atoms with Gasteiger partial charge in [0.15, 0.2) is 5.65 Å². The summed E-state index contributed by atoms with van der Waals surface area (Å²) in [6, 6.07) is 8.30. The molecule has 2 heterocycles. The molecular weight excluding hydrogens is 387 g/mol. The van der Waals surface area contributed by atoms with Gasteiger partial charge in [0, 0.05) is 30.1 Å². The van der Waals surface area contributed by atoms with E-state index in [1.165, 1.54) is 12.1 Å². The standard InChI is InChI=1S/C18H18BrFN4O/c1-2-10-24-16(22-15-4-3-9-21-18(15)24)7-8-17(25)23-14-6-5-12(19)11-13(14)20/h3-6,9,11H,2,7-8,10H2,1H3,(H,23,25). The summed E-state index contributed by atoms with van der Waals surface area (Å²) in [4.78, 5) is 21.1. The van der Waals surface area contributed by atoms with Gasteiger partial charge in [-0.1, -0.05) is 22.9 Å². The van der Waals surface area contributed by atoms with Crippen LogP contribution < -0.4 is 5.32 Å². The Labute approximate surface area is 153 Å². The number of aryl methyl sites for hydroxylation is 2. The lowest BCUT2D eigenvalue weighted by Crippen LogP contribution is -2.15. The number of halogens is 2. The largest absolute Gasteiger partial charge is 0.324 e. The van der Waals surface area contributed by atoms with Crippen LogP contribution in [0.3, 0.4) is 0 Å². The first-order valence-electron chi connectivity index (χ1n) is 8.13. The number of anilines is 1. The number of carbonyl (C=O) groups is 1. The van der Waals surface area contributed by atoms with Crippen molar-refractivity contribution in [1.29, 1.82) is 0 Å². The van der Waals surface area contributed by atoms with Gasteiger partial charge in [0.1, 0.15) is 17.2 Å². The number of pyridine rings is 1. The highest BCUT2D eigenvalue weighted by Gasteiger charge is 2.13. The topological polar surface area (TPSA) is 59.8 Å². The van der Waals surface area contributed by atoms with Crippen LogP contribution in [-0.2, 0) is 17.8 Å². The first-order chi connectivity index (χ1) is 12.1. The van der Waals surface area contributed by atoms with Crippen LogP contribution in [0.2, 0.25) is 0 Å². The highest BCUT2D eigenvalue weighted by atomic mass is 79.9. The van der Waals surface area contributed by atoms with Crippen molar-refractivity contribution in [3.63, 3.8) is 0 Å². The predicted molar refractivity (Wildman–Crippen MR) is 98.9 cm³/mol. The van der Waals surface area contributed by atoms with Crippen LogP contribution in [0.25, 0.3) is 11.2 Å². The molecule has 0 fully saturated rings. The van der Waals surface area contributed by atoms with E-state index >= 15 is 0 Å². The molecule has 0 saturated heterocycles. The van der Waals surface area contributed by atoms with E-state index in [1.54, 1.807) is 12.3 Å². The van der Waals surface area contributed by atoms with Crippen LogP contribution in [0.4, 0.5) is 10.1 Å². The molecule has 0 bridgehead atoms. The van der Waals surface area contributed by atoms with Gasteiger partial charge in [-0.25, -0.2) is 14.4 Å². The van der Waals surface area contributed by atoms with Crippen molar-refractivity contribution in [2.45, 2.75) is 32.7 Å². The summed E-state index contributed by atoms with van der Waals surface area (Å²) in [5.41, 5.74) is 1.83. The molecule has 0 saturated carbocycles. The number of hydrogen-bond acceptors (Lipinski definition) is 3. The number of rotatable bonds is 6. The Morgan fingerprint density at radius 1 is 1.36 bits per heavy atom. The Morgan fingerprint density at radius 2 is 2.20 bits per heavy atom. The second-order valence-electron chi connectivity index (χ2n) is 5.70. The molecule has 7 heteroatoms. The van der Waals surface area contributed by atoms with Crippen LogP contribution in [0.5, 0.6) is 0 Å². The molecule has 0 aliphatic heterocycles. The normalized spacial score (nSPS) is 11.0. The second-order valence-corrected chi connectivity index (χ2v) is 6.61. The molecule has 0 aliphatic carbocycles. The van der Waals surface area contributed by atoms with Crippen LogP contribution >= 0.6 is 15.9 Å². The third-order valence-corrected chi connectivity index (χ3v) is 4.30. The molecule has 0 unspecified atom stereocenters. The van der Waals surface area contributed by atoms with Gasteiger partial charge in [-0.15, -0.1) is 0 Å². The Bertz CT molecular complexity index is 909. The molecule has 2 aromatic heterocycles. The molecule has 1 amide bonds. The van der Waals surface area contributed by atoms with Gasteiger partial charge in [0.25, 0.3) is 0 Å². The molecular formula is C18H18BrFN4O. The summed E-state index contributed by atoms with van der Waals surface area (Å²) in [5.74, 6) is 0.108. The van der Waals surface area contributed by atoms with Crippen molar-refractivity contribution in [2.24, 2.45) is 0 Å². The molecule has 0 atom stereocenters. The average Bonchev–Trinajstić information content (AvgIpc) is 2.94. The zero-order valence-corrected chi connectivity index (χ0v) is 15.4. The molecule has 3 aromatic rings. The highest BCUT2D eigenvalue weighted by molar-refractivity contribution is 9.10. The van der Waals surface area contributed by atoms with Crippen molar-refractivity contribution in [3.05, 3.63) is 52.6 Å². The Morgan fingerprint density at radius 3 is 2.96 bits per heavy atom. The molecule has 1 aromatic carbocycles. The van der Waals surface area contributed by atoms with E-state index in [0.717, 1.165) is 30.0 Å². The lowest BCUT2D eigenvalue weighted by molar-refractivity contribution is -0.116. The monoisotopic (exact) mass is 404 g/mol. The number of benzene rings is 1. The minimum atomic E-state index is -0.467. The predicted octanol–water partition coefficient (Wildman–Crippen LogP) is 4.31. The van der Waals surface area contributed by atoms with Gasteiger partial charge >= 0.3 is 0 Å². The summed E-state index contributed by atoms with van der Waals surface area (Å²) in [6.45, 7) is 2.88. The van der Waals surface area contributed by atoms with Crippen LogP contribution in [0, 0.1) is 5.82 Å². The van der Waals surface area contributed by atoms with Crippen molar-refractivity contribution in [2.75, 3.05) is 5.32 Å². The van der Waals surface area contributed by atoms with Crippen molar-refractivity contribution >= 4 is 38.7 Å². The Balaban J connectivity index is 1.71. The minimum Gasteiger partial charge on any atom is -0.324 e. The van der Waals surface area contributed by atoms with E-state index in [2.05, 4.69) is 38.1 Å². The van der Waals surface area contributed by atoms with Gasteiger partial charge in [-0.05, 0) is 36.8 Å². The summed E-state index contributed by atoms with van der Waals surface area (Å²) >= 11 is 3.19. The third kappa shape index (κ3) is 4.04. The SMILES string of the molecule is CCCn1c(CCC(=O)Nc2ccc(Br)cc2F)nc2cccnc21. The number of amides is 1. The van der Waals surface area contributed by atoms with Crippen LogP contribution in [0.15, 0.2) is 41.0 Å². The number of nitrogens with one attached hydrogen (secondary N) is 1. The number of aromatic nitrogens is 3. The number of fused-ring (bicyclic) bond motifs is 1. The van der Waals surface area contributed by atoms with Gasteiger partial charge < -0.3 is 9.88 Å². The fourth-order valence-corrected chi connectivity index (χ4v) is 3.02. The summed E-state index contributed by atoms with van der Waals surface area (Å²) in [7, 11) is 0. The maximum atomic E-state index is 13.8. The average molecular weight is 405 g/mol. The molecule has 1 N–H and O–H groups in total. The van der Waals surface area contributed by atoms with E-state index in [0.29, 0.717) is 10.9 Å². The Kier molecular flexibility index (Phi) is 5.43. The maximum Gasteiger partial charge on any atom is 0.224 e. The molecule has 5 nitrogen and oxygen atoms in total. The van der Waals surface area contributed by atoms with E-state index in [4.69, 9.17) is 0 Å². The van der Waals surface area contributed by atoms with E-state index < -0.39 is 5.82 Å². The molecule has 0 aliphatic rings. The van der Waals surface area contributed by atoms with Gasteiger partial charge in [-0.3, -0.25) is 4.79 Å². The second kappa shape index (κ2) is 7.74. The van der Waals surface area contributed by atoms with Gasteiger partial charge in [-0.2, -0.15) is 0 Å². The smallest absolute Gasteiger partial charge is 0.224 e. The molecule has 0 spiro atoms. The maximum absolute atomic E-state index is 13.8. The highest BCUT2D eigenvalue weighted by Crippen LogP contribution is 2.20.